The zero-order valence-corrected chi connectivity index (χ0v) is 8.90. The standard InChI is InChI=1S/C13H13NO2/c15-13-6-5-10(14-13)7-9-8-16-12-4-2-1-3-11(9)12/h1-4,8,10H,5-7H2,(H,14,15). The van der Waals surface area contributed by atoms with Crippen molar-refractivity contribution in [1.82, 2.24) is 5.32 Å². The Morgan fingerprint density at radius 2 is 2.25 bits per heavy atom. The average molecular weight is 215 g/mol. The highest BCUT2D eigenvalue weighted by Gasteiger charge is 2.22. The molecule has 1 aromatic heterocycles. The van der Waals surface area contributed by atoms with Crippen LogP contribution in [0.15, 0.2) is 34.9 Å². The van der Waals surface area contributed by atoms with Gasteiger partial charge in [0.15, 0.2) is 0 Å². The van der Waals surface area contributed by atoms with Crippen LogP contribution in [-0.4, -0.2) is 11.9 Å². The van der Waals surface area contributed by atoms with E-state index in [1.807, 2.05) is 18.2 Å². The number of amides is 1. The van der Waals surface area contributed by atoms with Crippen LogP contribution >= 0.6 is 0 Å². The van der Waals surface area contributed by atoms with Crippen molar-refractivity contribution in [2.75, 3.05) is 0 Å². The first-order valence-corrected chi connectivity index (χ1v) is 5.57. The molecule has 2 aromatic rings. The van der Waals surface area contributed by atoms with Gasteiger partial charge in [-0.05, 0) is 18.9 Å². The third-order valence-corrected chi connectivity index (χ3v) is 3.11. The average Bonchev–Trinajstić information content (AvgIpc) is 2.87. The minimum absolute atomic E-state index is 0.165. The largest absolute Gasteiger partial charge is 0.464 e. The van der Waals surface area contributed by atoms with Gasteiger partial charge in [0, 0.05) is 23.4 Å². The summed E-state index contributed by atoms with van der Waals surface area (Å²) in [6, 6.07) is 8.27. The maximum Gasteiger partial charge on any atom is 0.220 e. The van der Waals surface area contributed by atoms with Gasteiger partial charge in [-0.1, -0.05) is 18.2 Å². The number of fused-ring (bicyclic) bond motifs is 1. The van der Waals surface area contributed by atoms with E-state index >= 15 is 0 Å². The lowest BCUT2D eigenvalue weighted by atomic mass is 10.0. The molecular formula is C13H13NO2. The van der Waals surface area contributed by atoms with Gasteiger partial charge in [-0.25, -0.2) is 0 Å². The van der Waals surface area contributed by atoms with Crippen LogP contribution < -0.4 is 5.32 Å². The van der Waals surface area contributed by atoms with E-state index in [4.69, 9.17) is 4.42 Å². The number of furan rings is 1. The number of para-hydroxylation sites is 1. The number of carbonyl (C=O) groups excluding carboxylic acids is 1. The maximum absolute atomic E-state index is 11.1. The first-order valence-electron chi connectivity index (χ1n) is 5.57. The molecule has 3 nitrogen and oxygen atoms in total. The van der Waals surface area contributed by atoms with Gasteiger partial charge in [-0.15, -0.1) is 0 Å². The van der Waals surface area contributed by atoms with Gasteiger partial charge < -0.3 is 9.73 Å². The smallest absolute Gasteiger partial charge is 0.220 e. The number of carbonyl (C=O) groups is 1. The summed E-state index contributed by atoms with van der Waals surface area (Å²) in [5, 5.41) is 4.13. The van der Waals surface area contributed by atoms with Gasteiger partial charge in [0.1, 0.15) is 5.58 Å². The highest BCUT2D eigenvalue weighted by molar-refractivity contribution is 5.81. The molecular weight excluding hydrogens is 202 g/mol. The molecule has 3 heteroatoms. The number of nitrogens with one attached hydrogen (secondary N) is 1. The van der Waals surface area contributed by atoms with E-state index in [0.717, 1.165) is 23.8 Å². The summed E-state index contributed by atoms with van der Waals surface area (Å²) in [5.74, 6) is 0.165. The molecule has 1 aliphatic heterocycles. The lowest BCUT2D eigenvalue weighted by molar-refractivity contribution is -0.119. The number of hydrogen-bond donors (Lipinski definition) is 1. The second-order valence-corrected chi connectivity index (χ2v) is 4.26. The van der Waals surface area contributed by atoms with Crippen LogP contribution in [0.4, 0.5) is 0 Å². The minimum Gasteiger partial charge on any atom is -0.464 e. The summed E-state index contributed by atoms with van der Waals surface area (Å²) in [6.07, 6.45) is 4.25. The predicted octanol–water partition coefficient (Wildman–Crippen LogP) is 2.25. The van der Waals surface area contributed by atoms with E-state index in [-0.39, 0.29) is 11.9 Å². The summed E-state index contributed by atoms with van der Waals surface area (Å²) in [4.78, 5) is 11.1. The van der Waals surface area contributed by atoms with Gasteiger partial charge in [0.25, 0.3) is 0 Å². The van der Waals surface area contributed by atoms with Crippen molar-refractivity contribution in [1.29, 1.82) is 0 Å². The Kier molecular flexibility index (Phi) is 2.17. The van der Waals surface area contributed by atoms with Crippen LogP contribution in [0.5, 0.6) is 0 Å². The van der Waals surface area contributed by atoms with E-state index in [1.165, 1.54) is 5.56 Å². The van der Waals surface area contributed by atoms with Crippen molar-refractivity contribution >= 4 is 16.9 Å². The maximum atomic E-state index is 11.1. The van der Waals surface area contributed by atoms with Gasteiger partial charge in [0.2, 0.25) is 5.91 Å². The van der Waals surface area contributed by atoms with Crippen LogP contribution in [0, 0.1) is 0 Å². The Labute approximate surface area is 93.4 Å². The van der Waals surface area contributed by atoms with Gasteiger partial charge in [-0.2, -0.15) is 0 Å². The highest BCUT2D eigenvalue weighted by Crippen LogP contribution is 2.23. The highest BCUT2D eigenvalue weighted by atomic mass is 16.3. The zero-order chi connectivity index (χ0) is 11.0. The fraction of sp³-hybridized carbons (Fsp3) is 0.308. The fourth-order valence-electron chi connectivity index (χ4n) is 2.29. The van der Waals surface area contributed by atoms with Crippen LogP contribution in [0.1, 0.15) is 18.4 Å². The molecule has 1 aromatic carbocycles. The van der Waals surface area contributed by atoms with Gasteiger partial charge in [0.05, 0.1) is 6.26 Å². The Hall–Kier alpha value is -1.77. The third-order valence-electron chi connectivity index (χ3n) is 3.11. The van der Waals surface area contributed by atoms with Crippen molar-refractivity contribution in [3.05, 3.63) is 36.1 Å². The van der Waals surface area contributed by atoms with E-state index in [9.17, 15) is 4.79 Å². The summed E-state index contributed by atoms with van der Waals surface area (Å²) in [7, 11) is 0. The van der Waals surface area contributed by atoms with Crippen LogP contribution in [0.25, 0.3) is 11.0 Å². The lowest BCUT2D eigenvalue weighted by Gasteiger charge is -2.07. The fourth-order valence-corrected chi connectivity index (χ4v) is 2.29. The summed E-state index contributed by atoms with van der Waals surface area (Å²) < 4.78 is 5.47. The van der Waals surface area contributed by atoms with Crippen molar-refractivity contribution in [2.24, 2.45) is 0 Å². The van der Waals surface area contributed by atoms with E-state index in [1.54, 1.807) is 6.26 Å². The lowest BCUT2D eigenvalue weighted by Crippen LogP contribution is -2.26. The molecule has 16 heavy (non-hydrogen) atoms. The van der Waals surface area contributed by atoms with Crippen LogP contribution in [0.3, 0.4) is 0 Å². The van der Waals surface area contributed by atoms with E-state index < -0.39 is 0 Å². The molecule has 0 radical (unpaired) electrons. The Morgan fingerprint density at radius 3 is 3.06 bits per heavy atom. The molecule has 1 aliphatic rings. The van der Waals surface area contributed by atoms with Crippen molar-refractivity contribution in [2.45, 2.75) is 25.3 Å². The third kappa shape index (κ3) is 1.58. The molecule has 1 saturated heterocycles. The SMILES string of the molecule is O=C1CCC(Cc2coc3ccccc23)N1. The molecule has 82 valence electrons. The number of hydrogen-bond acceptors (Lipinski definition) is 2. The van der Waals surface area contributed by atoms with E-state index in [0.29, 0.717) is 6.42 Å². The normalized spacial score (nSPS) is 20.2. The quantitative estimate of drug-likeness (QED) is 0.834. The molecule has 3 rings (SSSR count). The Balaban J connectivity index is 1.86. The van der Waals surface area contributed by atoms with Crippen molar-refractivity contribution < 1.29 is 9.21 Å². The molecule has 1 amide bonds. The molecule has 0 spiro atoms. The molecule has 0 saturated carbocycles. The van der Waals surface area contributed by atoms with Crippen LogP contribution in [-0.2, 0) is 11.2 Å². The monoisotopic (exact) mass is 215 g/mol. The van der Waals surface area contributed by atoms with E-state index in [2.05, 4.69) is 11.4 Å². The second kappa shape index (κ2) is 3.67. The Morgan fingerprint density at radius 1 is 1.38 bits per heavy atom. The summed E-state index contributed by atoms with van der Waals surface area (Å²) >= 11 is 0. The summed E-state index contributed by atoms with van der Waals surface area (Å²) in [5.41, 5.74) is 2.10. The van der Waals surface area contributed by atoms with Crippen molar-refractivity contribution in [3.63, 3.8) is 0 Å². The van der Waals surface area contributed by atoms with Crippen LogP contribution in [0.2, 0.25) is 0 Å². The topological polar surface area (TPSA) is 42.2 Å². The Bertz CT molecular complexity index is 529. The zero-order valence-electron chi connectivity index (χ0n) is 8.90. The summed E-state index contributed by atoms with van der Waals surface area (Å²) in [6.45, 7) is 0. The molecule has 0 bridgehead atoms. The van der Waals surface area contributed by atoms with Crippen molar-refractivity contribution in [3.8, 4) is 0 Å². The van der Waals surface area contributed by atoms with Gasteiger partial charge >= 0.3 is 0 Å². The molecule has 0 aliphatic carbocycles. The first-order chi connectivity index (χ1) is 7.83. The minimum atomic E-state index is 0.165. The molecule has 1 N–H and O–H groups in total. The first kappa shape index (κ1) is 9.46. The molecule has 1 atom stereocenters. The number of benzene rings is 1. The molecule has 1 fully saturated rings. The number of rotatable bonds is 2. The molecule has 2 heterocycles. The second-order valence-electron chi connectivity index (χ2n) is 4.26. The molecule has 1 unspecified atom stereocenters. The van der Waals surface area contributed by atoms with Gasteiger partial charge in [-0.3, -0.25) is 4.79 Å². The predicted molar refractivity (Wildman–Crippen MR) is 61.1 cm³/mol.